The van der Waals surface area contributed by atoms with Crippen LogP contribution in [0.2, 0.25) is 0 Å². The zero-order chi connectivity index (χ0) is 13.4. The van der Waals surface area contributed by atoms with E-state index in [4.69, 9.17) is 0 Å². The Hall–Kier alpha value is -0.0400. The molecule has 0 bridgehead atoms. The molecule has 18 heavy (non-hydrogen) atoms. The summed E-state index contributed by atoms with van der Waals surface area (Å²) in [6, 6.07) is 0.786. The Bertz CT molecular complexity index is 190. The fourth-order valence-corrected chi connectivity index (χ4v) is 3.38. The summed E-state index contributed by atoms with van der Waals surface area (Å²) in [6.07, 6.45) is 11.3. The molecule has 1 heteroatoms. The number of nitrogens with one attached hydrogen (secondary N) is 1. The normalized spacial score (nSPS) is 28.8. The van der Waals surface area contributed by atoms with Crippen molar-refractivity contribution in [3.63, 3.8) is 0 Å². The molecule has 0 aromatic rings. The van der Waals surface area contributed by atoms with E-state index >= 15 is 0 Å². The molecule has 0 heterocycles. The van der Waals surface area contributed by atoms with Crippen LogP contribution < -0.4 is 5.32 Å². The highest BCUT2D eigenvalue weighted by molar-refractivity contribution is 4.83. The molecule has 1 N–H and O–H groups in total. The largest absolute Gasteiger partial charge is 0.313 e. The van der Waals surface area contributed by atoms with Crippen LogP contribution in [-0.2, 0) is 0 Å². The smallest absolute Gasteiger partial charge is 0.0118 e. The Balaban J connectivity index is 1.99. The molecule has 2 unspecified atom stereocenters. The predicted molar refractivity (Wildman–Crippen MR) is 81.9 cm³/mol. The van der Waals surface area contributed by atoms with Gasteiger partial charge >= 0.3 is 0 Å². The van der Waals surface area contributed by atoms with E-state index in [0.29, 0.717) is 0 Å². The second-order valence-electron chi connectivity index (χ2n) is 6.96. The third kappa shape index (κ3) is 6.22. The lowest BCUT2D eigenvalue weighted by molar-refractivity contribution is 0.208. The summed E-state index contributed by atoms with van der Waals surface area (Å²) >= 11 is 0. The van der Waals surface area contributed by atoms with Gasteiger partial charge in [-0.1, -0.05) is 59.8 Å². The monoisotopic (exact) mass is 253 g/mol. The van der Waals surface area contributed by atoms with E-state index in [-0.39, 0.29) is 0 Å². The maximum Gasteiger partial charge on any atom is 0.0118 e. The lowest BCUT2D eigenvalue weighted by Crippen LogP contribution is -2.43. The van der Waals surface area contributed by atoms with Crippen molar-refractivity contribution in [3.05, 3.63) is 0 Å². The van der Waals surface area contributed by atoms with E-state index in [1.54, 1.807) is 0 Å². The molecule has 1 fully saturated rings. The van der Waals surface area contributed by atoms with Gasteiger partial charge in [-0.3, -0.25) is 0 Å². The molecule has 1 nitrogen and oxygen atoms in total. The lowest BCUT2D eigenvalue weighted by Gasteiger charge is -2.35. The van der Waals surface area contributed by atoms with Gasteiger partial charge in [0.2, 0.25) is 0 Å². The predicted octanol–water partition coefficient (Wildman–Crippen LogP) is 5.01. The van der Waals surface area contributed by atoms with Gasteiger partial charge < -0.3 is 5.32 Å². The Morgan fingerprint density at radius 3 is 2.17 bits per heavy atom. The second-order valence-corrected chi connectivity index (χ2v) is 6.96. The van der Waals surface area contributed by atoms with Gasteiger partial charge in [-0.25, -0.2) is 0 Å². The Morgan fingerprint density at radius 1 is 0.944 bits per heavy atom. The molecule has 1 aliphatic carbocycles. The lowest BCUT2D eigenvalue weighted by atomic mass is 9.79. The van der Waals surface area contributed by atoms with Gasteiger partial charge in [0.15, 0.2) is 0 Å². The molecule has 0 saturated heterocycles. The van der Waals surface area contributed by atoms with Crippen LogP contribution in [0, 0.1) is 17.8 Å². The number of hydrogen-bond donors (Lipinski definition) is 1. The summed E-state index contributed by atoms with van der Waals surface area (Å²) in [4.78, 5) is 0. The zero-order valence-corrected chi connectivity index (χ0v) is 13.2. The van der Waals surface area contributed by atoms with Crippen molar-refractivity contribution in [3.8, 4) is 0 Å². The third-order valence-electron chi connectivity index (χ3n) is 4.63. The fourth-order valence-electron chi connectivity index (χ4n) is 3.38. The second kappa shape index (κ2) is 8.96. The number of rotatable bonds is 8. The highest BCUT2D eigenvalue weighted by Gasteiger charge is 2.26. The van der Waals surface area contributed by atoms with E-state index < -0.39 is 0 Å². The van der Waals surface area contributed by atoms with Gasteiger partial charge in [0, 0.05) is 6.04 Å². The summed E-state index contributed by atoms with van der Waals surface area (Å²) in [5, 5.41) is 3.82. The summed E-state index contributed by atoms with van der Waals surface area (Å²) in [5.74, 6) is 2.65. The van der Waals surface area contributed by atoms with Crippen LogP contribution >= 0.6 is 0 Å². The van der Waals surface area contributed by atoms with Gasteiger partial charge in [-0.05, 0) is 43.6 Å². The maximum atomic E-state index is 3.82. The summed E-state index contributed by atoms with van der Waals surface area (Å²) in [5.41, 5.74) is 0. The third-order valence-corrected chi connectivity index (χ3v) is 4.63. The van der Waals surface area contributed by atoms with Crippen molar-refractivity contribution >= 4 is 0 Å². The van der Waals surface area contributed by atoms with Gasteiger partial charge in [-0.15, -0.1) is 0 Å². The van der Waals surface area contributed by atoms with Gasteiger partial charge in [0.05, 0.1) is 0 Å². The maximum absolute atomic E-state index is 3.82. The first-order chi connectivity index (χ1) is 8.61. The molecule has 2 atom stereocenters. The summed E-state index contributed by atoms with van der Waals surface area (Å²) < 4.78 is 0. The molecule has 0 aromatic carbocycles. The quantitative estimate of drug-likeness (QED) is 0.600. The minimum atomic E-state index is 0.786. The van der Waals surface area contributed by atoms with Crippen LogP contribution in [0.3, 0.4) is 0 Å². The van der Waals surface area contributed by atoms with Crippen molar-refractivity contribution in [1.29, 1.82) is 0 Å². The van der Waals surface area contributed by atoms with E-state index in [1.165, 1.54) is 57.9 Å². The Labute approximate surface area is 115 Å². The number of hydrogen-bond acceptors (Lipinski definition) is 1. The van der Waals surface area contributed by atoms with Crippen LogP contribution in [0.5, 0.6) is 0 Å². The first-order valence-corrected chi connectivity index (χ1v) is 8.34. The first kappa shape index (κ1) is 16.0. The molecule has 108 valence electrons. The molecule has 0 spiro atoms. The summed E-state index contributed by atoms with van der Waals surface area (Å²) in [6.45, 7) is 10.7. The van der Waals surface area contributed by atoms with Crippen LogP contribution in [-0.4, -0.2) is 12.6 Å². The minimum absolute atomic E-state index is 0.786. The highest BCUT2D eigenvalue weighted by atomic mass is 14.9. The van der Waals surface area contributed by atoms with Crippen molar-refractivity contribution in [1.82, 2.24) is 5.32 Å². The van der Waals surface area contributed by atoms with Crippen LogP contribution in [0.1, 0.15) is 79.1 Å². The molecular formula is C17H35N. The molecule has 0 amide bonds. The van der Waals surface area contributed by atoms with Gasteiger partial charge in [-0.2, -0.15) is 0 Å². The highest BCUT2D eigenvalue weighted by Crippen LogP contribution is 2.28. The van der Waals surface area contributed by atoms with Crippen molar-refractivity contribution in [2.45, 2.75) is 85.1 Å². The van der Waals surface area contributed by atoms with Crippen LogP contribution in [0.15, 0.2) is 0 Å². The van der Waals surface area contributed by atoms with E-state index in [0.717, 1.165) is 23.8 Å². The molecule has 0 aromatic heterocycles. The first-order valence-electron chi connectivity index (χ1n) is 8.34. The average molecular weight is 253 g/mol. The molecule has 0 aliphatic heterocycles. The van der Waals surface area contributed by atoms with Gasteiger partial charge in [0.1, 0.15) is 0 Å². The van der Waals surface area contributed by atoms with Crippen molar-refractivity contribution in [2.75, 3.05) is 6.54 Å². The molecule has 1 saturated carbocycles. The van der Waals surface area contributed by atoms with Crippen LogP contribution in [0.4, 0.5) is 0 Å². The van der Waals surface area contributed by atoms with E-state index in [1.807, 2.05) is 0 Å². The van der Waals surface area contributed by atoms with Crippen LogP contribution in [0.25, 0.3) is 0 Å². The molecule has 1 rings (SSSR count). The van der Waals surface area contributed by atoms with E-state index in [2.05, 4.69) is 33.0 Å². The Morgan fingerprint density at radius 2 is 1.56 bits per heavy atom. The number of unbranched alkanes of at least 4 members (excludes halogenated alkanes) is 3. The standard InChI is InChI=1S/C17H35N/c1-14(2)10-7-5-6-8-13-18-17-15(3)11-9-12-16(17)4/h14-18H,5-13H2,1-4H3. The fraction of sp³-hybridized carbons (Fsp3) is 1.00. The van der Waals surface area contributed by atoms with Gasteiger partial charge in [0.25, 0.3) is 0 Å². The molecule has 1 aliphatic rings. The molecule has 0 radical (unpaired) electrons. The SMILES string of the molecule is CC(C)CCCCCCNC1C(C)CCCC1C. The van der Waals surface area contributed by atoms with Crippen molar-refractivity contribution < 1.29 is 0 Å². The average Bonchev–Trinajstić information content (AvgIpc) is 2.30. The minimum Gasteiger partial charge on any atom is -0.313 e. The van der Waals surface area contributed by atoms with Crippen molar-refractivity contribution in [2.24, 2.45) is 17.8 Å². The molecular weight excluding hydrogens is 218 g/mol. The topological polar surface area (TPSA) is 12.0 Å². The van der Waals surface area contributed by atoms with E-state index in [9.17, 15) is 0 Å². The zero-order valence-electron chi connectivity index (χ0n) is 13.2. The summed E-state index contributed by atoms with van der Waals surface area (Å²) in [7, 11) is 0. The Kier molecular flexibility index (Phi) is 7.97.